The van der Waals surface area contributed by atoms with Crippen LogP contribution in [0, 0.1) is 0 Å². The first-order valence-corrected chi connectivity index (χ1v) is 7.71. The molecule has 4 nitrogen and oxygen atoms in total. The number of aromatic nitrogens is 1. The number of halogens is 1. The fraction of sp³-hybridized carbons (Fsp3) is 0.158. The summed E-state index contributed by atoms with van der Waals surface area (Å²) in [7, 11) is 1.57. The molecule has 0 aliphatic carbocycles. The van der Waals surface area contributed by atoms with Crippen LogP contribution < -0.4 is 5.56 Å². The van der Waals surface area contributed by atoms with E-state index in [2.05, 4.69) is 13.2 Å². The van der Waals surface area contributed by atoms with Crippen molar-refractivity contribution in [3.63, 3.8) is 0 Å². The van der Waals surface area contributed by atoms with Crippen molar-refractivity contribution in [3.8, 4) is 11.1 Å². The highest BCUT2D eigenvalue weighted by Crippen LogP contribution is 2.34. The fourth-order valence-electron chi connectivity index (χ4n) is 2.80. The molecule has 0 saturated heterocycles. The molecular formula is C19H18ClNO3. The predicted molar refractivity (Wildman–Crippen MR) is 98.4 cm³/mol. The van der Waals surface area contributed by atoms with Gasteiger partial charge in [0.15, 0.2) is 0 Å². The molecule has 1 N–H and O–H groups in total. The van der Waals surface area contributed by atoms with Crippen molar-refractivity contribution < 1.29 is 9.90 Å². The van der Waals surface area contributed by atoms with Crippen molar-refractivity contribution in [3.05, 3.63) is 69.6 Å². The van der Waals surface area contributed by atoms with Gasteiger partial charge in [0.25, 0.3) is 5.56 Å². The van der Waals surface area contributed by atoms with Gasteiger partial charge in [-0.1, -0.05) is 49.0 Å². The fourth-order valence-corrected chi connectivity index (χ4v) is 2.92. The molecular weight excluding hydrogens is 326 g/mol. The molecule has 1 unspecified atom stereocenters. The van der Waals surface area contributed by atoms with Crippen LogP contribution in [0.25, 0.3) is 23.3 Å². The number of carboxylic acids is 1. The summed E-state index contributed by atoms with van der Waals surface area (Å²) in [4.78, 5) is 24.2. The van der Waals surface area contributed by atoms with Gasteiger partial charge in [0.2, 0.25) is 0 Å². The monoisotopic (exact) mass is 343 g/mol. The highest BCUT2D eigenvalue weighted by molar-refractivity contribution is 6.30. The third-order valence-electron chi connectivity index (χ3n) is 4.03. The van der Waals surface area contributed by atoms with E-state index in [9.17, 15) is 14.7 Å². The van der Waals surface area contributed by atoms with Crippen LogP contribution in [-0.2, 0) is 11.8 Å². The summed E-state index contributed by atoms with van der Waals surface area (Å²) in [5.41, 5.74) is 2.47. The second-order valence-corrected chi connectivity index (χ2v) is 5.86. The van der Waals surface area contributed by atoms with E-state index in [1.807, 2.05) is 0 Å². The largest absolute Gasteiger partial charge is 0.481 e. The smallest absolute Gasteiger partial charge is 0.312 e. The topological polar surface area (TPSA) is 59.3 Å². The summed E-state index contributed by atoms with van der Waals surface area (Å²) in [6.45, 7) is 9.04. The number of aliphatic carboxylic acids is 1. The number of carbonyl (C=O) groups is 1. The van der Waals surface area contributed by atoms with Crippen molar-refractivity contribution in [1.29, 1.82) is 0 Å². The summed E-state index contributed by atoms with van der Waals surface area (Å²) >= 11 is 5.95. The molecule has 0 radical (unpaired) electrons. The van der Waals surface area contributed by atoms with Gasteiger partial charge in [0.05, 0.1) is 5.92 Å². The van der Waals surface area contributed by atoms with E-state index in [1.165, 1.54) is 10.6 Å². The van der Waals surface area contributed by atoms with E-state index in [0.717, 1.165) is 5.56 Å². The Morgan fingerprint density at radius 1 is 1.21 bits per heavy atom. The quantitative estimate of drug-likeness (QED) is 0.886. The molecule has 0 spiro atoms. The van der Waals surface area contributed by atoms with Crippen molar-refractivity contribution >= 4 is 29.7 Å². The average Bonchev–Trinajstić information content (AvgIpc) is 2.56. The van der Waals surface area contributed by atoms with Gasteiger partial charge in [-0.05, 0) is 30.2 Å². The second-order valence-electron chi connectivity index (χ2n) is 5.43. The molecule has 1 aromatic heterocycles. The average molecular weight is 344 g/mol. The van der Waals surface area contributed by atoms with Crippen LogP contribution in [0.5, 0.6) is 0 Å². The lowest BCUT2D eigenvalue weighted by Crippen LogP contribution is -2.28. The lowest BCUT2D eigenvalue weighted by atomic mass is 9.89. The minimum atomic E-state index is -1.01. The summed E-state index contributed by atoms with van der Waals surface area (Å²) in [6.07, 6.45) is 3.02. The van der Waals surface area contributed by atoms with Crippen molar-refractivity contribution in [2.45, 2.75) is 12.8 Å². The van der Waals surface area contributed by atoms with Crippen LogP contribution in [0.15, 0.2) is 42.2 Å². The van der Waals surface area contributed by atoms with Gasteiger partial charge in [-0.2, -0.15) is 0 Å². The Bertz CT molecular complexity index is 879. The molecule has 5 heteroatoms. The summed E-state index contributed by atoms with van der Waals surface area (Å²) in [6, 6.07) is 7.02. The molecule has 0 saturated carbocycles. The molecule has 24 heavy (non-hydrogen) atoms. The van der Waals surface area contributed by atoms with E-state index in [-0.39, 0.29) is 5.56 Å². The highest BCUT2D eigenvalue weighted by Gasteiger charge is 2.26. The zero-order valence-electron chi connectivity index (χ0n) is 13.5. The molecule has 1 aromatic carbocycles. The number of nitrogens with zero attached hydrogens (tertiary/aromatic N) is 1. The number of hydrogen-bond donors (Lipinski definition) is 1. The van der Waals surface area contributed by atoms with Gasteiger partial charge in [-0.25, -0.2) is 0 Å². The van der Waals surface area contributed by atoms with E-state index < -0.39 is 11.9 Å². The molecule has 1 atom stereocenters. The molecule has 124 valence electrons. The molecule has 1 heterocycles. The first kappa shape index (κ1) is 17.8. The first-order chi connectivity index (χ1) is 11.3. The molecule has 2 rings (SSSR count). The molecule has 0 aliphatic heterocycles. The van der Waals surface area contributed by atoms with Gasteiger partial charge in [-0.15, -0.1) is 0 Å². The van der Waals surface area contributed by atoms with E-state index in [4.69, 9.17) is 11.6 Å². The van der Waals surface area contributed by atoms with Crippen LogP contribution in [-0.4, -0.2) is 15.6 Å². The zero-order chi connectivity index (χ0) is 18.0. The van der Waals surface area contributed by atoms with Gasteiger partial charge in [0, 0.05) is 28.9 Å². The maximum atomic E-state index is 12.6. The first-order valence-electron chi connectivity index (χ1n) is 7.34. The summed E-state index contributed by atoms with van der Waals surface area (Å²) < 4.78 is 1.37. The van der Waals surface area contributed by atoms with E-state index in [1.54, 1.807) is 44.3 Å². The molecule has 0 fully saturated rings. The number of benzene rings is 1. The zero-order valence-corrected chi connectivity index (χ0v) is 14.3. The number of hydrogen-bond acceptors (Lipinski definition) is 2. The van der Waals surface area contributed by atoms with Crippen molar-refractivity contribution in [2.24, 2.45) is 7.05 Å². The Morgan fingerprint density at radius 3 is 2.21 bits per heavy atom. The number of carboxylic acid groups (broad SMARTS) is 1. The Hall–Kier alpha value is -2.59. The lowest BCUT2D eigenvalue weighted by molar-refractivity contribution is -0.138. The standard InChI is InChI=1S/C19H18ClNO3/c1-5-14-15(6-2)18(22)21(4)17(11(3)19(23)24)16(14)12-7-9-13(20)10-8-12/h5-11H,1-2H2,3-4H3,(H,23,24). The Labute approximate surface area is 145 Å². The summed E-state index contributed by atoms with van der Waals surface area (Å²) in [5, 5.41) is 10.0. The van der Waals surface area contributed by atoms with Crippen LogP contribution in [0.1, 0.15) is 29.7 Å². The maximum absolute atomic E-state index is 12.6. The predicted octanol–water partition coefficient (Wildman–Crippen LogP) is 4.18. The third-order valence-corrected chi connectivity index (χ3v) is 4.29. The van der Waals surface area contributed by atoms with Crippen LogP contribution >= 0.6 is 11.6 Å². The molecule has 2 aromatic rings. The summed E-state index contributed by atoms with van der Waals surface area (Å²) in [5.74, 6) is -1.88. The Kier molecular flexibility index (Phi) is 5.10. The van der Waals surface area contributed by atoms with Crippen LogP contribution in [0.3, 0.4) is 0 Å². The lowest BCUT2D eigenvalue weighted by Gasteiger charge is -2.22. The van der Waals surface area contributed by atoms with Crippen molar-refractivity contribution in [1.82, 2.24) is 4.57 Å². The van der Waals surface area contributed by atoms with E-state index in [0.29, 0.717) is 27.4 Å². The van der Waals surface area contributed by atoms with Crippen LogP contribution in [0.4, 0.5) is 0 Å². The SMILES string of the molecule is C=Cc1c(-c2ccc(Cl)cc2)c(C(C)C(=O)O)n(C)c(=O)c1C=C. The minimum absolute atomic E-state index is 0.305. The molecule has 0 amide bonds. The Balaban J connectivity index is 3.02. The molecule has 0 bridgehead atoms. The maximum Gasteiger partial charge on any atom is 0.312 e. The number of pyridine rings is 1. The van der Waals surface area contributed by atoms with Crippen molar-refractivity contribution in [2.75, 3.05) is 0 Å². The van der Waals surface area contributed by atoms with Gasteiger partial charge < -0.3 is 9.67 Å². The normalized spacial score (nSPS) is 11.8. The third kappa shape index (κ3) is 2.93. The van der Waals surface area contributed by atoms with Crippen LogP contribution in [0.2, 0.25) is 5.02 Å². The molecule has 0 aliphatic rings. The van der Waals surface area contributed by atoms with Gasteiger partial charge in [-0.3, -0.25) is 9.59 Å². The Morgan fingerprint density at radius 2 is 1.75 bits per heavy atom. The highest BCUT2D eigenvalue weighted by atomic mass is 35.5. The minimum Gasteiger partial charge on any atom is -0.481 e. The van der Waals surface area contributed by atoms with Gasteiger partial charge in [0.1, 0.15) is 0 Å². The van der Waals surface area contributed by atoms with E-state index >= 15 is 0 Å². The second kappa shape index (κ2) is 6.89. The van der Waals surface area contributed by atoms with Gasteiger partial charge >= 0.3 is 5.97 Å². The number of rotatable bonds is 5.